The number of carbonyl (C=O) groups excluding carboxylic acids is 2. The largest absolute Gasteiger partial charge is 0.493 e. The highest BCUT2D eigenvalue weighted by Crippen LogP contribution is 2.34. The molecule has 1 heterocycles. The topological polar surface area (TPSA) is 65.1 Å². The summed E-state index contributed by atoms with van der Waals surface area (Å²) in [5, 5.41) is 0. The van der Waals surface area contributed by atoms with Gasteiger partial charge < -0.3 is 19.1 Å². The average Bonchev–Trinajstić information content (AvgIpc) is 3.05. The fourth-order valence-electron chi connectivity index (χ4n) is 3.61. The van der Waals surface area contributed by atoms with E-state index in [0.717, 1.165) is 24.0 Å². The molecule has 6 nitrogen and oxygen atoms in total. The number of benzene rings is 2. The minimum Gasteiger partial charge on any atom is -0.493 e. The summed E-state index contributed by atoms with van der Waals surface area (Å²) in [6, 6.07) is 15.3. The molecule has 0 fully saturated rings. The van der Waals surface area contributed by atoms with E-state index in [2.05, 4.69) is 6.92 Å². The van der Waals surface area contributed by atoms with Crippen molar-refractivity contribution in [3.8, 4) is 11.5 Å². The van der Waals surface area contributed by atoms with Gasteiger partial charge in [-0.2, -0.15) is 0 Å². The molecule has 0 aliphatic carbocycles. The molecule has 1 aliphatic heterocycles. The van der Waals surface area contributed by atoms with E-state index in [1.165, 1.54) is 7.11 Å². The second kappa shape index (κ2) is 10.7. The predicted molar refractivity (Wildman–Crippen MR) is 123 cm³/mol. The molecule has 0 saturated carbocycles. The molecular formula is C26H29NO5. The molecule has 0 unspecified atom stereocenters. The van der Waals surface area contributed by atoms with Crippen molar-refractivity contribution in [3.63, 3.8) is 0 Å². The lowest BCUT2D eigenvalue weighted by atomic mass is 10.0. The van der Waals surface area contributed by atoms with Gasteiger partial charge in [-0.25, -0.2) is 4.79 Å². The van der Waals surface area contributed by atoms with Crippen molar-refractivity contribution in [2.45, 2.75) is 33.3 Å². The van der Waals surface area contributed by atoms with Crippen molar-refractivity contribution in [2.75, 3.05) is 20.8 Å². The molecule has 0 saturated heterocycles. The van der Waals surface area contributed by atoms with Gasteiger partial charge in [0.2, 0.25) is 0 Å². The molecule has 1 amide bonds. The zero-order valence-electron chi connectivity index (χ0n) is 19.0. The van der Waals surface area contributed by atoms with Gasteiger partial charge in [-0.1, -0.05) is 49.7 Å². The van der Waals surface area contributed by atoms with E-state index in [1.807, 2.05) is 36.4 Å². The second-order valence-corrected chi connectivity index (χ2v) is 7.50. The molecule has 6 heteroatoms. The molecule has 2 aromatic rings. The standard InChI is InChI=1S/C26H29NO5/c1-5-6-14-27-18(2)24(26(29)31-4)21(25(27)28)15-20-12-13-22(23(16-20)30-3)32-17-19-10-8-7-9-11-19/h7-13,15-16H,5-6,14,17H2,1-4H3/b21-15-. The summed E-state index contributed by atoms with van der Waals surface area (Å²) in [6.45, 7) is 4.82. The summed E-state index contributed by atoms with van der Waals surface area (Å²) < 4.78 is 16.4. The maximum absolute atomic E-state index is 13.1. The zero-order valence-corrected chi connectivity index (χ0v) is 19.0. The van der Waals surface area contributed by atoms with E-state index in [4.69, 9.17) is 14.2 Å². The van der Waals surface area contributed by atoms with Crippen LogP contribution in [0.25, 0.3) is 6.08 Å². The number of allylic oxidation sites excluding steroid dienone is 1. The smallest absolute Gasteiger partial charge is 0.340 e. The first-order chi connectivity index (χ1) is 15.5. The van der Waals surface area contributed by atoms with Crippen LogP contribution in [0.4, 0.5) is 0 Å². The van der Waals surface area contributed by atoms with Crippen molar-refractivity contribution in [1.82, 2.24) is 4.90 Å². The van der Waals surface area contributed by atoms with Crippen LogP contribution in [0.1, 0.15) is 37.8 Å². The summed E-state index contributed by atoms with van der Waals surface area (Å²) in [5.74, 6) is 0.431. The molecule has 32 heavy (non-hydrogen) atoms. The highest BCUT2D eigenvalue weighted by atomic mass is 16.5. The van der Waals surface area contributed by atoms with Gasteiger partial charge in [-0.3, -0.25) is 4.79 Å². The lowest BCUT2D eigenvalue weighted by Gasteiger charge is -2.17. The van der Waals surface area contributed by atoms with Crippen LogP contribution >= 0.6 is 0 Å². The van der Waals surface area contributed by atoms with Crippen molar-refractivity contribution in [1.29, 1.82) is 0 Å². The number of unbranched alkanes of at least 4 members (excludes halogenated alkanes) is 1. The van der Waals surface area contributed by atoms with Gasteiger partial charge in [-0.05, 0) is 42.7 Å². The molecule has 0 N–H and O–H groups in total. The monoisotopic (exact) mass is 435 g/mol. The second-order valence-electron chi connectivity index (χ2n) is 7.50. The first-order valence-corrected chi connectivity index (χ1v) is 10.7. The minimum atomic E-state index is -0.518. The summed E-state index contributed by atoms with van der Waals surface area (Å²) in [4.78, 5) is 27.2. The van der Waals surface area contributed by atoms with Gasteiger partial charge in [0.05, 0.1) is 25.4 Å². The van der Waals surface area contributed by atoms with Gasteiger partial charge in [0, 0.05) is 12.2 Å². The van der Waals surface area contributed by atoms with Crippen LogP contribution in [0.5, 0.6) is 11.5 Å². The maximum atomic E-state index is 13.1. The molecule has 0 bridgehead atoms. The molecule has 0 radical (unpaired) electrons. The van der Waals surface area contributed by atoms with Crippen LogP contribution in [-0.4, -0.2) is 37.5 Å². The summed E-state index contributed by atoms with van der Waals surface area (Å²) in [5.41, 5.74) is 3.02. The zero-order chi connectivity index (χ0) is 23.1. The number of ether oxygens (including phenoxy) is 3. The van der Waals surface area contributed by atoms with Gasteiger partial charge in [0.15, 0.2) is 11.5 Å². The van der Waals surface area contributed by atoms with Crippen molar-refractivity contribution in [2.24, 2.45) is 0 Å². The van der Waals surface area contributed by atoms with E-state index < -0.39 is 5.97 Å². The number of esters is 1. The molecule has 3 rings (SSSR count). The molecule has 0 spiro atoms. The van der Waals surface area contributed by atoms with Gasteiger partial charge in [-0.15, -0.1) is 0 Å². The van der Waals surface area contributed by atoms with Gasteiger partial charge in [0.1, 0.15) is 6.61 Å². The van der Waals surface area contributed by atoms with E-state index in [0.29, 0.717) is 41.5 Å². The number of carbonyl (C=O) groups is 2. The van der Waals surface area contributed by atoms with E-state index in [1.54, 1.807) is 37.1 Å². The number of hydrogen-bond acceptors (Lipinski definition) is 5. The lowest BCUT2D eigenvalue weighted by Crippen LogP contribution is -2.26. The molecule has 0 atom stereocenters. The van der Waals surface area contributed by atoms with E-state index >= 15 is 0 Å². The van der Waals surface area contributed by atoms with Gasteiger partial charge in [0.25, 0.3) is 5.91 Å². The molecule has 2 aromatic carbocycles. The first kappa shape index (κ1) is 23.1. The maximum Gasteiger partial charge on any atom is 0.340 e. The normalized spacial score (nSPS) is 14.8. The fourth-order valence-corrected chi connectivity index (χ4v) is 3.61. The number of hydrogen-bond donors (Lipinski definition) is 0. The Bertz CT molecular complexity index is 1040. The van der Waals surface area contributed by atoms with E-state index in [9.17, 15) is 9.59 Å². The number of methoxy groups -OCH3 is 2. The highest BCUT2D eigenvalue weighted by molar-refractivity contribution is 6.16. The first-order valence-electron chi connectivity index (χ1n) is 10.7. The third-order valence-corrected chi connectivity index (χ3v) is 5.37. The van der Waals surface area contributed by atoms with Gasteiger partial charge >= 0.3 is 5.97 Å². The Labute approximate surface area is 189 Å². The molecule has 0 aromatic heterocycles. The van der Waals surface area contributed by atoms with Crippen LogP contribution in [0, 0.1) is 0 Å². The molecule has 1 aliphatic rings. The fraction of sp³-hybridized carbons (Fsp3) is 0.308. The van der Waals surface area contributed by atoms with Crippen LogP contribution < -0.4 is 9.47 Å². The highest BCUT2D eigenvalue weighted by Gasteiger charge is 2.36. The summed E-state index contributed by atoms with van der Waals surface area (Å²) in [7, 11) is 2.89. The Hall–Kier alpha value is -3.54. The van der Waals surface area contributed by atoms with Crippen LogP contribution in [0.15, 0.2) is 65.4 Å². The summed E-state index contributed by atoms with van der Waals surface area (Å²) in [6.07, 6.45) is 3.50. The Morgan fingerprint density at radius 2 is 1.81 bits per heavy atom. The van der Waals surface area contributed by atoms with Crippen LogP contribution in [-0.2, 0) is 20.9 Å². The Kier molecular flexibility index (Phi) is 7.71. The third kappa shape index (κ3) is 5.02. The quantitative estimate of drug-likeness (QED) is 0.420. The number of rotatable bonds is 9. The Balaban J connectivity index is 1.90. The van der Waals surface area contributed by atoms with Crippen molar-refractivity contribution < 1.29 is 23.8 Å². The van der Waals surface area contributed by atoms with Crippen LogP contribution in [0.2, 0.25) is 0 Å². The third-order valence-electron chi connectivity index (χ3n) is 5.37. The molecule has 168 valence electrons. The SMILES string of the molecule is CCCCN1C(=O)/C(=C\c2ccc(OCc3ccccc3)c(OC)c2)C(C(=O)OC)=C1C. The average molecular weight is 436 g/mol. The number of nitrogens with zero attached hydrogens (tertiary/aromatic N) is 1. The Morgan fingerprint density at radius 1 is 1.06 bits per heavy atom. The van der Waals surface area contributed by atoms with Crippen molar-refractivity contribution in [3.05, 3.63) is 76.5 Å². The summed E-state index contributed by atoms with van der Waals surface area (Å²) >= 11 is 0. The van der Waals surface area contributed by atoms with Crippen LogP contribution in [0.3, 0.4) is 0 Å². The lowest BCUT2D eigenvalue weighted by molar-refractivity contribution is -0.136. The minimum absolute atomic E-state index is 0.195. The number of amides is 1. The van der Waals surface area contributed by atoms with Crippen molar-refractivity contribution >= 4 is 18.0 Å². The Morgan fingerprint density at radius 3 is 2.47 bits per heavy atom. The predicted octanol–water partition coefficient (Wildman–Crippen LogP) is 4.75. The molecular weight excluding hydrogens is 406 g/mol. The van der Waals surface area contributed by atoms with E-state index in [-0.39, 0.29) is 5.91 Å².